The fourth-order valence-corrected chi connectivity index (χ4v) is 5.25. The van der Waals surface area contributed by atoms with Crippen molar-refractivity contribution in [1.29, 1.82) is 0 Å². The Hall–Kier alpha value is -4.62. The number of aromatic nitrogens is 4. The minimum atomic E-state index is -1.09. The molecule has 2 amide bonds. The molecule has 2 unspecified atom stereocenters. The van der Waals surface area contributed by atoms with Crippen LogP contribution in [0.15, 0.2) is 60.2 Å². The number of halogens is 2. The van der Waals surface area contributed by atoms with Crippen LogP contribution in [0.5, 0.6) is 0 Å². The molecule has 12 nitrogen and oxygen atoms in total. The number of amides is 2. The van der Waals surface area contributed by atoms with Gasteiger partial charge in [0, 0.05) is 42.4 Å². The molecule has 2 aliphatic heterocycles. The molecule has 5 rings (SSSR count). The first-order chi connectivity index (χ1) is 19.7. The zero-order valence-corrected chi connectivity index (χ0v) is 22.8. The van der Waals surface area contributed by atoms with Gasteiger partial charge in [0.2, 0.25) is 0 Å². The summed E-state index contributed by atoms with van der Waals surface area (Å²) >= 11 is 6.02. The molecule has 2 aliphatic rings. The summed E-state index contributed by atoms with van der Waals surface area (Å²) in [6, 6.07) is 8.65. The van der Waals surface area contributed by atoms with E-state index in [9.17, 15) is 19.5 Å². The van der Waals surface area contributed by atoms with Gasteiger partial charge >= 0.3 is 5.97 Å². The number of hydrazine groups is 1. The van der Waals surface area contributed by atoms with Gasteiger partial charge in [0.1, 0.15) is 12.0 Å². The lowest BCUT2D eigenvalue weighted by Gasteiger charge is -2.34. The molecule has 14 heteroatoms. The monoisotopic (exact) mass is 580 g/mol. The van der Waals surface area contributed by atoms with Crippen LogP contribution in [0.25, 0.3) is 11.8 Å². The van der Waals surface area contributed by atoms with Crippen LogP contribution in [0.2, 0.25) is 5.02 Å². The summed E-state index contributed by atoms with van der Waals surface area (Å²) in [5.41, 5.74) is 4.90. The number of rotatable bonds is 7. The highest BCUT2D eigenvalue weighted by Gasteiger charge is 2.43. The third-order valence-corrected chi connectivity index (χ3v) is 7.36. The normalized spacial score (nSPS) is 18.6. The summed E-state index contributed by atoms with van der Waals surface area (Å²) in [5.74, 6) is -2.94. The third kappa shape index (κ3) is 5.41. The topological polar surface area (TPSA) is 146 Å². The first kappa shape index (κ1) is 27.9. The molecule has 2 atom stereocenters. The summed E-state index contributed by atoms with van der Waals surface area (Å²) in [4.78, 5) is 40.0. The zero-order chi connectivity index (χ0) is 29.3. The number of hydrogen-bond donors (Lipinski definition) is 3. The maximum atomic E-state index is 15.1. The molecule has 1 fully saturated rings. The molecule has 0 spiro atoms. The quantitative estimate of drug-likeness (QED) is 0.359. The Morgan fingerprint density at radius 2 is 1.98 bits per heavy atom. The second-order valence-corrected chi connectivity index (χ2v) is 9.91. The number of carbonyl (C=O) groups excluding carboxylic acids is 2. The molecule has 3 N–H and O–H groups in total. The van der Waals surface area contributed by atoms with Crippen LogP contribution in [-0.2, 0) is 9.59 Å². The van der Waals surface area contributed by atoms with E-state index in [0.717, 1.165) is 0 Å². The lowest BCUT2D eigenvalue weighted by atomic mass is 9.90. The maximum absolute atomic E-state index is 15.1. The minimum absolute atomic E-state index is 0.00319. The summed E-state index contributed by atoms with van der Waals surface area (Å²) < 4.78 is 16.3. The summed E-state index contributed by atoms with van der Waals surface area (Å²) in [7, 11) is 0. The number of tetrazole rings is 1. The van der Waals surface area contributed by atoms with Crippen LogP contribution < -0.4 is 10.7 Å². The van der Waals surface area contributed by atoms with Crippen molar-refractivity contribution in [2.24, 2.45) is 5.92 Å². The fraction of sp³-hybridized carbons (Fsp3) is 0.259. The molecule has 41 heavy (non-hydrogen) atoms. The van der Waals surface area contributed by atoms with Crippen molar-refractivity contribution in [2.45, 2.75) is 26.3 Å². The van der Waals surface area contributed by atoms with Crippen molar-refractivity contribution in [3.63, 3.8) is 0 Å². The number of nitrogens with one attached hydrogen (secondary N) is 2. The Balaban J connectivity index is 1.51. The van der Waals surface area contributed by atoms with Crippen LogP contribution in [0, 0.1) is 11.7 Å². The highest BCUT2D eigenvalue weighted by molar-refractivity contribution is 6.31. The van der Waals surface area contributed by atoms with Crippen LogP contribution in [0.1, 0.15) is 36.2 Å². The van der Waals surface area contributed by atoms with E-state index in [1.165, 1.54) is 64.5 Å². The molecule has 2 aromatic carbocycles. The van der Waals surface area contributed by atoms with Crippen molar-refractivity contribution < 1.29 is 23.9 Å². The second-order valence-electron chi connectivity index (χ2n) is 9.50. The molecule has 3 aromatic rings. The highest BCUT2D eigenvalue weighted by Crippen LogP contribution is 2.37. The molecule has 3 heterocycles. The average molecular weight is 581 g/mol. The SMILES string of the molecule is CCN1NC(C)C2CCN(C(=O)/C=C/c3c(-n4cnnn4)ccc(Cl)c3F)C(C(=O)Nc3ccc(C(=O)O)cc3)=C21. The number of fused-ring (bicyclic) bond motifs is 1. The number of nitrogens with zero attached hydrogens (tertiary/aromatic N) is 6. The number of anilines is 1. The van der Waals surface area contributed by atoms with Gasteiger partial charge in [-0.2, -0.15) is 4.68 Å². The van der Waals surface area contributed by atoms with Crippen molar-refractivity contribution >= 4 is 41.1 Å². The van der Waals surface area contributed by atoms with E-state index >= 15 is 4.39 Å². The predicted molar refractivity (Wildman–Crippen MR) is 147 cm³/mol. The molecule has 0 aliphatic carbocycles. The first-order valence-electron chi connectivity index (χ1n) is 12.8. The summed E-state index contributed by atoms with van der Waals surface area (Å²) in [5, 5.41) is 24.6. The van der Waals surface area contributed by atoms with Crippen molar-refractivity contribution in [1.82, 2.24) is 35.5 Å². The van der Waals surface area contributed by atoms with Crippen molar-refractivity contribution in [2.75, 3.05) is 18.4 Å². The van der Waals surface area contributed by atoms with E-state index in [-0.39, 0.29) is 46.0 Å². The lowest BCUT2D eigenvalue weighted by Crippen LogP contribution is -2.43. The van der Waals surface area contributed by atoms with E-state index in [1.807, 2.05) is 18.9 Å². The van der Waals surface area contributed by atoms with Crippen LogP contribution >= 0.6 is 11.6 Å². The predicted octanol–water partition coefficient (Wildman–Crippen LogP) is 3.09. The van der Waals surface area contributed by atoms with Crippen molar-refractivity contribution in [3.8, 4) is 5.69 Å². The molecular weight excluding hydrogens is 555 g/mol. The zero-order valence-electron chi connectivity index (χ0n) is 22.1. The van der Waals surface area contributed by atoms with Gasteiger partial charge in [-0.15, -0.1) is 5.10 Å². The van der Waals surface area contributed by atoms with E-state index < -0.39 is 23.6 Å². The van der Waals surface area contributed by atoms with Crippen LogP contribution in [0.3, 0.4) is 0 Å². The summed E-state index contributed by atoms with van der Waals surface area (Å²) in [6.45, 7) is 4.74. The smallest absolute Gasteiger partial charge is 0.335 e. The number of carbonyl (C=O) groups is 3. The molecule has 0 saturated carbocycles. The number of carboxylic acids is 1. The van der Waals surface area contributed by atoms with Gasteiger partial charge in [-0.05, 0) is 73.2 Å². The molecule has 1 aromatic heterocycles. The highest BCUT2D eigenvalue weighted by atomic mass is 35.5. The number of hydrogen-bond acceptors (Lipinski definition) is 8. The Morgan fingerprint density at radius 1 is 1.22 bits per heavy atom. The van der Waals surface area contributed by atoms with E-state index in [1.54, 1.807) is 0 Å². The van der Waals surface area contributed by atoms with E-state index in [2.05, 4.69) is 26.3 Å². The van der Waals surface area contributed by atoms with Gasteiger partial charge in [-0.1, -0.05) is 11.6 Å². The van der Waals surface area contributed by atoms with Crippen molar-refractivity contribution in [3.05, 3.63) is 82.2 Å². The van der Waals surface area contributed by atoms with E-state index in [4.69, 9.17) is 11.6 Å². The van der Waals surface area contributed by atoms with Gasteiger partial charge in [-0.3, -0.25) is 9.59 Å². The first-order valence-corrected chi connectivity index (χ1v) is 13.2. The van der Waals surface area contributed by atoms with Gasteiger partial charge in [0.15, 0.2) is 5.82 Å². The fourth-order valence-electron chi connectivity index (χ4n) is 5.09. The number of carboxylic acid groups (broad SMARTS) is 1. The third-order valence-electron chi connectivity index (χ3n) is 7.07. The average Bonchev–Trinajstić information content (AvgIpc) is 3.61. The van der Waals surface area contributed by atoms with Crippen LogP contribution in [0.4, 0.5) is 10.1 Å². The van der Waals surface area contributed by atoms with Gasteiger partial charge in [0.25, 0.3) is 11.8 Å². The molecule has 0 radical (unpaired) electrons. The Labute approximate surface area is 239 Å². The number of aromatic carboxylic acids is 1. The van der Waals surface area contributed by atoms with Gasteiger partial charge in [-0.25, -0.2) is 14.6 Å². The Kier molecular flexibility index (Phi) is 7.81. The second kappa shape index (κ2) is 11.5. The number of benzene rings is 2. The molecule has 212 valence electrons. The molecular formula is C27H26ClFN8O4. The van der Waals surface area contributed by atoms with E-state index in [0.29, 0.717) is 24.4 Å². The standard InChI is InChI=1S/C27H26ClFN8O4/c1-3-36-24-18(15(2)32-36)12-13-35(25(24)26(39)31-17-6-4-16(5-7-17)27(40)41)22(38)11-8-19-21(37-14-30-33-34-37)10-9-20(28)23(19)29/h4-11,14-15,18,32H,3,12-13H2,1-2H3,(H,31,39)(H,40,41)/b11-8+. The Bertz CT molecular complexity index is 1560. The summed E-state index contributed by atoms with van der Waals surface area (Å²) in [6.07, 6.45) is 4.35. The van der Waals surface area contributed by atoms with Gasteiger partial charge < -0.3 is 20.3 Å². The van der Waals surface area contributed by atoms with Gasteiger partial charge in [0.05, 0.1) is 22.0 Å². The molecule has 1 saturated heterocycles. The Morgan fingerprint density at radius 3 is 2.63 bits per heavy atom. The minimum Gasteiger partial charge on any atom is -0.478 e. The van der Waals surface area contributed by atoms with Crippen LogP contribution in [-0.4, -0.2) is 72.1 Å². The lowest BCUT2D eigenvalue weighted by molar-refractivity contribution is -0.128. The molecule has 0 bridgehead atoms. The maximum Gasteiger partial charge on any atom is 0.335 e. The largest absolute Gasteiger partial charge is 0.478 e.